The van der Waals surface area contributed by atoms with Crippen molar-refractivity contribution in [1.29, 1.82) is 0 Å². The molecule has 0 aliphatic carbocycles. The fourth-order valence-corrected chi connectivity index (χ4v) is 2.35. The van der Waals surface area contributed by atoms with E-state index in [0.717, 1.165) is 24.5 Å². The Labute approximate surface area is 111 Å². The molecule has 3 N–H and O–H groups in total. The van der Waals surface area contributed by atoms with Crippen LogP contribution in [0.25, 0.3) is 0 Å². The third kappa shape index (κ3) is 3.49. The van der Waals surface area contributed by atoms with Crippen LogP contribution in [0.2, 0.25) is 0 Å². The maximum atomic E-state index is 13.6. The highest BCUT2D eigenvalue weighted by Gasteiger charge is 2.38. The third-order valence-corrected chi connectivity index (χ3v) is 5.62. The molecule has 0 heterocycles. The molecular formula is C12H18F2N2O2S. The summed E-state index contributed by atoms with van der Waals surface area (Å²) < 4.78 is 48.9. The minimum Gasteiger partial charge on any atom is -0.271 e. The summed E-state index contributed by atoms with van der Waals surface area (Å²) in [6.45, 7) is 2.98. The quantitative estimate of drug-likeness (QED) is 0.631. The predicted octanol–water partition coefficient (Wildman–Crippen LogP) is 1.16. The normalized spacial score (nSPS) is 14.4. The van der Waals surface area contributed by atoms with E-state index in [4.69, 9.17) is 5.84 Å². The van der Waals surface area contributed by atoms with Crippen molar-refractivity contribution in [2.24, 2.45) is 5.84 Å². The van der Waals surface area contributed by atoms with Crippen molar-refractivity contribution in [2.45, 2.75) is 31.1 Å². The van der Waals surface area contributed by atoms with Crippen LogP contribution < -0.4 is 11.3 Å². The van der Waals surface area contributed by atoms with Crippen LogP contribution in [0.15, 0.2) is 18.2 Å². The lowest BCUT2D eigenvalue weighted by Crippen LogP contribution is -2.55. The SMILES string of the molecule is CC(C)(C(Cc1cc(F)ccc1F)NN)S(C)(=O)=O. The second-order valence-electron chi connectivity index (χ2n) is 5.03. The van der Waals surface area contributed by atoms with Crippen molar-refractivity contribution in [1.82, 2.24) is 5.43 Å². The molecule has 19 heavy (non-hydrogen) atoms. The molecule has 1 aromatic rings. The lowest BCUT2D eigenvalue weighted by atomic mass is 9.96. The Morgan fingerprint density at radius 1 is 1.37 bits per heavy atom. The van der Waals surface area contributed by atoms with Gasteiger partial charge in [-0.2, -0.15) is 0 Å². The number of benzene rings is 1. The molecule has 0 saturated carbocycles. The molecule has 7 heteroatoms. The molecule has 0 amide bonds. The van der Waals surface area contributed by atoms with Gasteiger partial charge in [-0.15, -0.1) is 0 Å². The topological polar surface area (TPSA) is 72.2 Å². The zero-order valence-corrected chi connectivity index (χ0v) is 11.9. The van der Waals surface area contributed by atoms with Gasteiger partial charge in [-0.05, 0) is 44.0 Å². The maximum Gasteiger partial charge on any atom is 0.154 e. The molecule has 4 nitrogen and oxygen atoms in total. The van der Waals surface area contributed by atoms with Crippen LogP contribution in [0.5, 0.6) is 0 Å². The largest absolute Gasteiger partial charge is 0.271 e. The zero-order valence-electron chi connectivity index (χ0n) is 11.1. The summed E-state index contributed by atoms with van der Waals surface area (Å²) in [6, 6.07) is 2.31. The lowest BCUT2D eigenvalue weighted by molar-refractivity contribution is 0.407. The fraction of sp³-hybridized carbons (Fsp3) is 0.500. The van der Waals surface area contributed by atoms with Gasteiger partial charge in [0.1, 0.15) is 11.6 Å². The molecule has 1 atom stereocenters. The van der Waals surface area contributed by atoms with E-state index in [0.29, 0.717) is 0 Å². The standard InChI is InChI=1S/C12H18F2N2O2S/c1-12(2,19(3,17)18)11(16-15)7-8-6-9(13)4-5-10(8)14/h4-6,11,16H,7,15H2,1-3H3. The molecule has 0 aliphatic rings. The Bertz CT molecular complexity index is 559. The second-order valence-corrected chi connectivity index (χ2v) is 7.63. The number of rotatable bonds is 5. The average molecular weight is 292 g/mol. The van der Waals surface area contributed by atoms with Crippen LogP contribution in [0, 0.1) is 11.6 Å². The molecule has 0 spiro atoms. The number of halogens is 2. The number of hydrazine groups is 1. The summed E-state index contributed by atoms with van der Waals surface area (Å²) in [4.78, 5) is 0. The molecule has 0 aromatic heterocycles. The van der Waals surface area contributed by atoms with Gasteiger partial charge < -0.3 is 0 Å². The summed E-state index contributed by atoms with van der Waals surface area (Å²) in [7, 11) is -3.42. The molecular weight excluding hydrogens is 274 g/mol. The van der Waals surface area contributed by atoms with Gasteiger partial charge in [0, 0.05) is 12.3 Å². The van der Waals surface area contributed by atoms with E-state index in [1.165, 1.54) is 13.8 Å². The van der Waals surface area contributed by atoms with Crippen LogP contribution >= 0.6 is 0 Å². The van der Waals surface area contributed by atoms with Crippen LogP contribution in [-0.2, 0) is 16.3 Å². The highest BCUT2D eigenvalue weighted by atomic mass is 32.2. The molecule has 0 aliphatic heterocycles. The Kier molecular flexibility index (Phi) is 4.65. The van der Waals surface area contributed by atoms with E-state index in [2.05, 4.69) is 5.43 Å². The Morgan fingerprint density at radius 3 is 2.42 bits per heavy atom. The summed E-state index contributed by atoms with van der Waals surface area (Å²) in [5, 5.41) is 0. The first-order valence-electron chi connectivity index (χ1n) is 5.69. The highest BCUT2D eigenvalue weighted by molar-refractivity contribution is 7.92. The first-order valence-corrected chi connectivity index (χ1v) is 7.58. The predicted molar refractivity (Wildman–Crippen MR) is 70.1 cm³/mol. The van der Waals surface area contributed by atoms with Crippen molar-refractivity contribution in [2.75, 3.05) is 6.26 Å². The fourth-order valence-electron chi connectivity index (χ4n) is 1.68. The monoisotopic (exact) mass is 292 g/mol. The van der Waals surface area contributed by atoms with Crippen molar-refractivity contribution in [3.05, 3.63) is 35.4 Å². The summed E-state index contributed by atoms with van der Waals surface area (Å²) in [5.41, 5.74) is 2.46. The molecule has 1 rings (SSSR count). The van der Waals surface area contributed by atoms with E-state index in [1.807, 2.05) is 0 Å². The van der Waals surface area contributed by atoms with Gasteiger partial charge in [-0.1, -0.05) is 0 Å². The Morgan fingerprint density at radius 2 is 1.95 bits per heavy atom. The number of sulfone groups is 1. The van der Waals surface area contributed by atoms with Gasteiger partial charge in [0.25, 0.3) is 0 Å². The van der Waals surface area contributed by atoms with Crippen molar-refractivity contribution < 1.29 is 17.2 Å². The Hall–Kier alpha value is -1.05. The van der Waals surface area contributed by atoms with Crippen LogP contribution in [-0.4, -0.2) is 25.5 Å². The molecule has 1 aromatic carbocycles. The Balaban J connectivity index is 3.10. The van der Waals surface area contributed by atoms with E-state index in [9.17, 15) is 17.2 Å². The zero-order chi connectivity index (χ0) is 14.8. The van der Waals surface area contributed by atoms with Crippen molar-refractivity contribution >= 4 is 9.84 Å². The molecule has 1 unspecified atom stereocenters. The van der Waals surface area contributed by atoms with E-state index >= 15 is 0 Å². The first kappa shape index (κ1) is 16.0. The van der Waals surface area contributed by atoms with E-state index < -0.39 is 32.3 Å². The van der Waals surface area contributed by atoms with Crippen molar-refractivity contribution in [3.63, 3.8) is 0 Å². The molecule has 0 saturated heterocycles. The number of nitrogens with two attached hydrogens (primary N) is 1. The highest BCUT2D eigenvalue weighted by Crippen LogP contribution is 2.24. The van der Waals surface area contributed by atoms with Crippen molar-refractivity contribution in [3.8, 4) is 0 Å². The van der Waals surface area contributed by atoms with Gasteiger partial charge in [0.05, 0.1) is 4.75 Å². The summed E-state index contributed by atoms with van der Waals surface area (Å²) in [6.07, 6.45) is 1.05. The number of nitrogens with one attached hydrogen (secondary N) is 1. The lowest BCUT2D eigenvalue weighted by Gasteiger charge is -2.32. The first-order chi connectivity index (χ1) is 8.59. The molecule has 0 bridgehead atoms. The maximum absolute atomic E-state index is 13.6. The average Bonchev–Trinajstić information content (AvgIpc) is 2.28. The van der Waals surface area contributed by atoms with Crippen LogP contribution in [0.4, 0.5) is 8.78 Å². The van der Waals surface area contributed by atoms with Gasteiger partial charge in [0.15, 0.2) is 9.84 Å². The third-order valence-electron chi connectivity index (χ3n) is 3.43. The minimum atomic E-state index is -3.42. The second kappa shape index (κ2) is 5.52. The summed E-state index contributed by atoms with van der Waals surface area (Å²) in [5.74, 6) is 4.19. The van der Waals surface area contributed by atoms with Gasteiger partial charge in [-0.25, -0.2) is 17.2 Å². The minimum absolute atomic E-state index is 0.0276. The smallest absolute Gasteiger partial charge is 0.154 e. The van der Waals surface area contributed by atoms with Gasteiger partial charge >= 0.3 is 0 Å². The van der Waals surface area contributed by atoms with Gasteiger partial charge in [-0.3, -0.25) is 11.3 Å². The van der Waals surface area contributed by atoms with Crippen LogP contribution in [0.1, 0.15) is 19.4 Å². The van der Waals surface area contributed by atoms with E-state index in [-0.39, 0.29) is 12.0 Å². The number of hydrogen-bond donors (Lipinski definition) is 2. The van der Waals surface area contributed by atoms with Crippen LogP contribution in [0.3, 0.4) is 0 Å². The van der Waals surface area contributed by atoms with E-state index in [1.54, 1.807) is 0 Å². The molecule has 0 fully saturated rings. The molecule has 0 radical (unpaired) electrons. The number of hydrogen-bond acceptors (Lipinski definition) is 4. The summed E-state index contributed by atoms with van der Waals surface area (Å²) >= 11 is 0. The molecule has 108 valence electrons. The van der Waals surface area contributed by atoms with Gasteiger partial charge in [0.2, 0.25) is 0 Å².